The molecule has 0 bridgehead atoms. The highest BCUT2D eigenvalue weighted by Gasteiger charge is 2.11. The van der Waals surface area contributed by atoms with Gasteiger partial charge in [0.15, 0.2) is 0 Å². The van der Waals surface area contributed by atoms with E-state index >= 15 is 0 Å². The molecule has 0 aromatic carbocycles. The van der Waals surface area contributed by atoms with Crippen molar-refractivity contribution >= 4 is 11.9 Å². The van der Waals surface area contributed by atoms with Crippen LogP contribution in [0.25, 0.3) is 0 Å². The van der Waals surface area contributed by atoms with Gasteiger partial charge in [0.1, 0.15) is 0 Å². The monoisotopic (exact) mass is 286 g/mol. The normalized spacial score (nSPS) is 12.2. The molecule has 0 rings (SSSR count). The second kappa shape index (κ2) is 11.7. The Morgan fingerprint density at radius 1 is 1.10 bits per heavy atom. The minimum atomic E-state index is -0.168. The summed E-state index contributed by atoms with van der Waals surface area (Å²) in [6.07, 6.45) is 3.25. The summed E-state index contributed by atoms with van der Waals surface area (Å²) in [5.41, 5.74) is 0. The molecule has 0 radical (unpaired) electrons. The molecule has 0 aliphatic rings. The van der Waals surface area contributed by atoms with E-state index in [4.69, 9.17) is 4.74 Å². The molecule has 1 unspecified atom stereocenters. The van der Waals surface area contributed by atoms with Gasteiger partial charge in [-0.2, -0.15) is 0 Å². The lowest BCUT2D eigenvalue weighted by Gasteiger charge is -2.15. The van der Waals surface area contributed by atoms with Crippen LogP contribution in [0.3, 0.4) is 0 Å². The first kappa shape index (κ1) is 18.9. The highest BCUT2D eigenvalue weighted by Crippen LogP contribution is 2.01. The van der Waals surface area contributed by atoms with Crippen LogP contribution >= 0.6 is 0 Å². The van der Waals surface area contributed by atoms with Crippen LogP contribution in [0, 0.1) is 5.92 Å². The van der Waals surface area contributed by atoms with Crippen LogP contribution in [0.2, 0.25) is 0 Å². The largest absolute Gasteiger partial charge is 0.466 e. The van der Waals surface area contributed by atoms with E-state index in [0.717, 1.165) is 25.8 Å². The molecule has 2 N–H and O–H groups in total. The van der Waals surface area contributed by atoms with Crippen molar-refractivity contribution in [2.24, 2.45) is 5.92 Å². The van der Waals surface area contributed by atoms with E-state index in [1.54, 1.807) is 0 Å². The Kier molecular flexibility index (Phi) is 11.1. The Bertz CT molecular complexity index is 280. The van der Waals surface area contributed by atoms with Gasteiger partial charge < -0.3 is 15.4 Å². The summed E-state index contributed by atoms with van der Waals surface area (Å²) >= 11 is 0. The Morgan fingerprint density at radius 2 is 1.80 bits per heavy atom. The van der Waals surface area contributed by atoms with Crippen molar-refractivity contribution in [3.05, 3.63) is 0 Å². The third-order valence-electron chi connectivity index (χ3n) is 2.89. The fourth-order valence-electron chi connectivity index (χ4n) is 1.67. The van der Waals surface area contributed by atoms with E-state index in [9.17, 15) is 9.59 Å². The molecule has 0 saturated heterocycles. The van der Waals surface area contributed by atoms with Crippen LogP contribution in [-0.2, 0) is 14.3 Å². The maximum absolute atomic E-state index is 11.7. The van der Waals surface area contributed by atoms with E-state index in [2.05, 4.69) is 24.5 Å². The minimum absolute atomic E-state index is 0.0465. The third-order valence-corrected chi connectivity index (χ3v) is 2.89. The minimum Gasteiger partial charge on any atom is -0.466 e. The number of hydrogen-bond acceptors (Lipinski definition) is 4. The van der Waals surface area contributed by atoms with Crippen LogP contribution in [-0.4, -0.2) is 37.6 Å². The van der Waals surface area contributed by atoms with Gasteiger partial charge in [-0.05, 0) is 39.2 Å². The first-order valence-corrected chi connectivity index (χ1v) is 7.64. The van der Waals surface area contributed by atoms with E-state index in [-0.39, 0.29) is 17.9 Å². The fraction of sp³-hybridized carbons (Fsp3) is 0.867. The highest BCUT2D eigenvalue weighted by molar-refractivity contribution is 5.81. The summed E-state index contributed by atoms with van der Waals surface area (Å²) in [5, 5.41) is 6.09. The summed E-state index contributed by atoms with van der Waals surface area (Å²) in [4.78, 5) is 22.8. The maximum atomic E-state index is 11.7. The van der Waals surface area contributed by atoms with Gasteiger partial charge in [-0.3, -0.25) is 9.59 Å². The Balaban J connectivity index is 3.49. The summed E-state index contributed by atoms with van der Waals surface area (Å²) in [6, 6.07) is -0.168. The number of carbonyl (C=O) groups is 2. The Morgan fingerprint density at radius 3 is 2.40 bits per heavy atom. The molecule has 1 atom stereocenters. The molecule has 0 aromatic rings. The van der Waals surface area contributed by atoms with Crippen molar-refractivity contribution in [2.45, 2.75) is 59.4 Å². The van der Waals surface area contributed by atoms with Crippen LogP contribution in [0.15, 0.2) is 0 Å². The Labute approximate surface area is 122 Å². The van der Waals surface area contributed by atoms with Crippen LogP contribution in [0.1, 0.15) is 53.4 Å². The number of hydrogen-bond donors (Lipinski definition) is 2. The summed E-state index contributed by atoms with van der Waals surface area (Å²) in [5.74, 6) is 0.390. The molecule has 0 aliphatic heterocycles. The molecule has 0 fully saturated rings. The molecule has 5 nitrogen and oxygen atoms in total. The lowest BCUT2D eigenvalue weighted by molar-refractivity contribution is -0.143. The van der Waals surface area contributed by atoms with Crippen LogP contribution in [0.5, 0.6) is 0 Å². The highest BCUT2D eigenvalue weighted by atomic mass is 16.5. The fourth-order valence-corrected chi connectivity index (χ4v) is 1.67. The van der Waals surface area contributed by atoms with Gasteiger partial charge in [0.05, 0.1) is 12.6 Å². The SMILES string of the molecule is CCOC(=O)CCCCCNC(C)C(=O)NCC(C)C. The molecule has 0 saturated carbocycles. The lowest BCUT2D eigenvalue weighted by atomic mass is 10.2. The Hall–Kier alpha value is -1.10. The van der Waals surface area contributed by atoms with Crippen LogP contribution in [0.4, 0.5) is 0 Å². The lowest BCUT2D eigenvalue weighted by Crippen LogP contribution is -2.43. The number of nitrogens with one attached hydrogen (secondary N) is 2. The van der Waals surface area contributed by atoms with Gasteiger partial charge >= 0.3 is 5.97 Å². The average molecular weight is 286 g/mol. The number of amides is 1. The molecule has 0 spiro atoms. The van der Waals surface area contributed by atoms with Gasteiger partial charge in [-0.1, -0.05) is 20.3 Å². The summed E-state index contributed by atoms with van der Waals surface area (Å²) in [6.45, 7) is 9.78. The zero-order valence-corrected chi connectivity index (χ0v) is 13.3. The maximum Gasteiger partial charge on any atom is 0.305 e. The predicted molar refractivity (Wildman–Crippen MR) is 80.4 cm³/mol. The van der Waals surface area contributed by atoms with E-state index < -0.39 is 0 Å². The molecule has 0 heterocycles. The van der Waals surface area contributed by atoms with Gasteiger partial charge in [0.25, 0.3) is 0 Å². The molecular formula is C15H30N2O3. The first-order valence-electron chi connectivity index (χ1n) is 7.64. The van der Waals surface area contributed by atoms with Gasteiger partial charge in [-0.15, -0.1) is 0 Å². The van der Waals surface area contributed by atoms with Gasteiger partial charge in [-0.25, -0.2) is 0 Å². The van der Waals surface area contributed by atoms with Crippen molar-refractivity contribution in [1.29, 1.82) is 0 Å². The molecule has 5 heteroatoms. The number of unbranched alkanes of at least 4 members (excludes halogenated alkanes) is 2. The van der Waals surface area contributed by atoms with Crippen LogP contribution < -0.4 is 10.6 Å². The zero-order chi connectivity index (χ0) is 15.4. The van der Waals surface area contributed by atoms with E-state index in [1.165, 1.54) is 0 Å². The second-order valence-corrected chi connectivity index (χ2v) is 5.43. The standard InChI is InChI=1S/C15H30N2O3/c1-5-20-14(18)9-7-6-8-10-16-13(4)15(19)17-11-12(2)3/h12-13,16H,5-11H2,1-4H3,(H,17,19). The predicted octanol–water partition coefficient (Wildman–Crippen LogP) is 1.86. The molecule has 118 valence electrons. The average Bonchev–Trinajstić information content (AvgIpc) is 2.39. The molecule has 0 aromatic heterocycles. The number of esters is 1. The van der Waals surface area contributed by atoms with Crippen molar-refractivity contribution in [3.63, 3.8) is 0 Å². The first-order chi connectivity index (χ1) is 9.47. The second-order valence-electron chi connectivity index (χ2n) is 5.43. The van der Waals surface area contributed by atoms with Gasteiger partial charge in [0.2, 0.25) is 5.91 Å². The van der Waals surface area contributed by atoms with Crippen molar-refractivity contribution in [1.82, 2.24) is 10.6 Å². The van der Waals surface area contributed by atoms with Crippen molar-refractivity contribution in [3.8, 4) is 0 Å². The zero-order valence-electron chi connectivity index (χ0n) is 13.3. The van der Waals surface area contributed by atoms with E-state index in [0.29, 0.717) is 25.5 Å². The number of ether oxygens (including phenoxy) is 1. The van der Waals surface area contributed by atoms with Crippen molar-refractivity contribution < 1.29 is 14.3 Å². The quantitative estimate of drug-likeness (QED) is 0.449. The molecule has 1 amide bonds. The summed E-state index contributed by atoms with van der Waals surface area (Å²) < 4.78 is 4.86. The number of rotatable bonds is 11. The van der Waals surface area contributed by atoms with Crippen molar-refractivity contribution in [2.75, 3.05) is 19.7 Å². The van der Waals surface area contributed by atoms with E-state index in [1.807, 2.05) is 13.8 Å². The van der Waals surface area contributed by atoms with Gasteiger partial charge in [0, 0.05) is 13.0 Å². The number of carbonyl (C=O) groups excluding carboxylic acids is 2. The topological polar surface area (TPSA) is 67.4 Å². The molecule has 20 heavy (non-hydrogen) atoms. The summed E-state index contributed by atoms with van der Waals surface area (Å²) in [7, 11) is 0. The molecule has 0 aliphatic carbocycles. The smallest absolute Gasteiger partial charge is 0.305 e. The molecular weight excluding hydrogens is 256 g/mol. The third kappa shape index (κ3) is 10.8.